The van der Waals surface area contributed by atoms with E-state index in [4.69, 9.17) is 0 Å². The first kappa shape index (κ1) is 23.7. The standard InChI is InChI=1S/C20H33N4O.C2H6.Fm/c1-18-15-21-24(19(18)2)16-20(7-4-3-5-8-20)9-6-10-22-11-13-23(17-25)14-12-22;1-2;/h15H,3-14,16H2,1-2H3;1-2H3;/q-1;;. The third kappa shape index (κ3) is 6.08. The summed E-state index contributed by atoms with van der Waals surface area (Å²) in [5, 5.41) is 4.63. The smallest absolute Gasteiger partial charge is 0.0521 e. The van der Waals surface area contributed by atoms with Gasteiger partial charge in [-0.1, -0.05) is 33.1 Å². The van der Waals surface area contributed by atoms with Crippen molar-refractivity contribution in [1.82, 2.24) is 19.6 Å². The Bertz CT molecular complexity index is 561. The Labute approximate surface area is 166 Å². The number of aryl methyl sites for hydroxylation is 1. The summed E-state index contributed by atoms with van der Waals surface area (Å²) < 4.78 is 2.25. The molecule has 5 nitrogen and oxygen atoms in total. The van der Waals surface area contributed by atoms with Gasteiger partial charge >= 0.3 is 0 Å². The molecule has 166 valence electrons. The molecule has 0 radical (unpaired) electrons. The van der Waals surface area contributed by atoms with Gasteiger partial charge in [-0.05, 0) is 57.1 Å². The van der Waals surface area contributed by atoms with Crippen molar-refractivity contribution in [3.05, 3.63) is 17.5 Å². The largest absolute Gasteiger partial charge is 0.520 e. The summed E-state index contributed by atoms with van der Waals surface area (Å²) in [6, 6.07) is 0. The number of carbonyl (C=O) groups excluding carboxylic acids is 1. The van der Waals surface area contributed by atoms with Crippen LogP contribution in [0.25, 0.3) is 0 Å². The molecule has 1 aliphatic heterocycles. The fourth-order valence-corrected chi connectivity index (χ4v) is 4.55. The van der Waals surface area contributed by atoms with Gasteiger partial charge in [0, 0.05) is 38.4 Å². The fourth-order valence-electron chi connectivity index (χ4n) is 4.55. The maximum Gasteiger partial charge on any atom is 0.0521 e. The van der Waals surface area contributed by atoms with Crippen LogP contribution in [0.4, 0.5) is 0 Å². The topological polar surface area (TPSA) is 41.4 Å². The quantitative estimate of drug-likeness (QED) is 0.428. The molecule has 0 N–H and O–H groups in total. The van der Waals surface area contributed by atoms with Gasteiger partial charge in [-0.15, -0.1) is 0 Å². The van der Waals surface area contributed by atoms with Crippen LogP contribution >= 0.6 is 0 Å². The van der Waals surface area contributed by atoms with Gasteiger partial charge in [-0.25, -0.2) is 0 Å². The molecular weight excluding hydrogens is 593 g/mol. The van der Waals surface area contributed by atoms with Crippen LogP contribution in [0.1, 0.15) is 70.1 Å². The molecule has 0 atom stereocenters. The van der Waals surface area contributed by atoms with Crippen LogP contribution < -0.4 is 0 Å². The Kier molecular flexibility index (Phi) is 9.70. The first-order chi connectivity index (χ1) is 13.1. The molecule has 28 heavy (non-hydrogen) atoms. The number of piperazine rings is 1. The average molecular weight is 633 g/mol. The predicted molar refractivity (Wildman–Crippen MR) is 112 cm³/mol. The van der Waals surface area contributed by atoms with Crippen molar-refractivity contribution >= 4 is 6.41 Å². The summed E-state index contributed by atoms with van der Waals surface area (Å²) in [6.45, 7) is 14.3. The van der Waals surface area contributed by atoms with Gasteiger partial charge in [-0.3, -0.25) is 4.68 Å². The Morgan fingerprint density at radius 2 is 1.71 bits per heavy atom. The number of nitrogens with zero attached hydrogens (tertiary/aromatic N) is 4. The molecule has 2 aliphatic rings. The number of aromatic nitrogens is 2. The summed E-state index contributed by atoms with van der Waals surface area (Å²) in [5.41, 5.74) is 3.06. The second-order valence-corrected chi connectivity index (χ2v) is 8.15. The van der Waals surface area contributed by atoms with Crippen LogP contribution in [-0.2, 0) is 11.3 Å². The minimum Gasteiger partial charge on any atom is -0.520 e. The second-order valence-electron chi connectivity index (χ2n) is 8.15. The fraction of sp³-hybridized carbons (Fsp3) is 0.818. The van der Waals surface area contributed by atoms with E-state index in [2.05, 4.69) is 28.5 Å². The third-order valence-corrected chi connectivity index (χ3v) is 6.43. The third-order valence-electron chi connectivity index (χ3n) is 6.43. The molecule has 0 spiro atoms. The molecule has 1 saturated heterocycles. The van der Waals surface area contributed by atoms with Gasteiger partial charge in [0.15, 0.2) is 0 Å². The van der Waals surface area contributed by atoms with Gasteiger partial charge in [0.1, 0.15) is 0 Å². The van der Waals surface area contributed by atoms with Gasteiger partial charge in [-0.2, -0.15) is 11.5 Å². The van der Waals surface area contributed by atoms with Gasteiger partial charge in [0.05, 0.1) is 6.20 Å². The average Bonchev–Trinajstić information content (AvgIpc) is 3.03. The summed E-state index contributed by atoms with van der Waals surface area (Å²) in [6.07, 6.45) is 13.4. The molecule has 1 aromatic rings. The molecule has 0 bridgehead atoms. The van der Waals surface area contributed by atoms with Crippen LogP contribution in [0.15, 0.2) is 6.20 Å². The zero-order valence-electron chi connectivity index (χ0n) is 18.3. The first-order valence-corrected chi connectivity index (χ1v) is 11.0. The van der Waals surface area contributed by atoms with Crippen molar-refractivity contribution in [3.63, 3.8) is 0 Å². The number of amides is 1. The molecule has 2 heterocycles. The molecule has 1 saturated carbocycles. The van der Waals surface area contributed by atoms with E-state index in [1.165, 1.54) is 56.2 Å². The van der Waals surface area contributed by atoms with Crippen molar-refractivity contribution in [3.8, 4) is 0 Å². The SMILES string of the molecule is CC.Cc1cnn(CC2(CCCN3CCN([C-]=O)CC3)CCCCC2)c1C.[Fm]. The number of hydrogen-bond acceptors (Lipinski definition) is 3. The van der Waals surface area contributed by atoms with Gasteiger partial charge in [0.2, 0.25) is 0 Å². The van der Waals surface area contributed by atoms with Crippen LogP contribution in [-0.4, -0.2) is 58.7 Å². The summed E-state index contributed by atoms with van der Waals surface area (Å²) in [5.74, 6) is 0. The molecule has 6 heteroatoms. The van der Waals surface area contributed by atoms with E-state index in [-0.39, 0.29) is 0 Å². The minimum atomic E-state index is 0. The van der Waals surface area contributed by atoms with Crippen molar-refractivity contribution in [1.29, 1.82) is 0 Å². The molecule has 0 unspecified atom stereocenters. The predicted octanol–water partition coefficient (Wildman–Crippen LogP) is 3.94. The maximum atomic E-state index is 10.7. The van der Waals surface area contributed by atoms with E-state index >= 15 is 0 Å². The van der Waals surface area contributed by atoms with E-state index in [9.17, 15) is 4.79 Å². The first-order valence-electron chi connectivity index (χ1n) is 11.0. The maximum absolute atomic E-state index is 10.7. The van der Waals surface area contributed by atoms with E-state index in [1.54, 1.807) is 4.90 Å². The minimum absolute atomic E-state index is 0. The van der Waals surface area contributed by atoms with E-state index in [0.29, 0.717) is 5.41 Å². The zero-order chi connectivity index (χ0) is 19.7. The van der Waals surface area contributed by atoms with Crippen molar-refractivity contribution in [2.75, 3.05) is 32.7 Å². The molecule has 0 aromatic carbocycles. The van der Waals surface area contributed by atoms with Crippen LogP contribution in [0.3, 0.4) is 0 Å². The molecular formula is C22H39FmN4O-. The number of hydrogen-bond donors (Lipinski definition) is 0. The van der Waals surface area contributed by atoms with E-state index < -0.39 is 0 Å². The van der Waals surface area contributed by atoms with Gasteiger partial charge in [0.25, 0.3) is 0 Å². The molecule has 2 fully saturated rings. The molecule has 1 aromatic heterocycles. The summed E-state index contributed by atoms with van der Waals surface area (Å²) >= 11 is 0. The normalized spacial score (nSPS) is 19.4. The Balaban J connectivity index is 0.00000127. The second kappa shape index (κ2) is 11.5. The summed E-state index contributed by atoms with van der Waals surface area (Å²) in [7, 11) is 0. The van der Waals surface area contributed by atoms with Crippen LogP contribution in [0.2, 0.25) is 0 Å². The van der Waals surface area contributed by atoms with Crippen LogP contribution in [0, 0.1) is 19.3 Å². The monoisotopic (exact) mass is 632 g/mol. The number of rotatable bonds is 7. The van der Waals surface area contributed by atoms with Crippen molar-refractivity contribution < 1.29 is 4.79 Å². The Morgan fingerprint density at radius 3 is 2.25 bits per heavy atom. The van der Waals surface area contributed by atoms with E-state index in [1.807, 2.05) is 26.5 Å². The van der Waals surface area contributed by atoms with Crippen LogP contribution in [0.5, 0.6) is 0 Å². The van der Waals surface area contributed by atoms with Gasteiger partial charge < -0.3 is 14.6 Å². The van der Waals surface area contributed by atoms with E-state index in [0.717, 1.165) is 39.3 Å². The Hall–Kier alpha value is -2.36. The molecule has 1 aliphatic carbocycles. The molecule has 3 rings (SSSR count). The molecule has 1 amide bonds. The zero-order valence-corrected chi connectivity index (χ0v) is 20.7. The Morgan fingerprint density at radius 1 is 1.07 bits per heavy atom. The van der Waals surface area contributed by atoms with Crippen molar-refractivity contribution in [2.45, 2.75) is 79.2 Å². The summed E-state index contributed by atoms with van der Waals surface area (Å²) in [4.78, 5) is 15.0. The van der Waals surface area contributed by atoms with Crippen molar-refractivity contribution in [2.24, 2.45) is 5.41 Å².